The van der Waals surface area contributed by atoms with Gasteiger partial charge in [0.2, 0.25) is 5.88 Å². The number of thiazole rings is 1. The van der Waals surface area contributed by atoms with E-state index in [1.165, 1.54) is 35.9 Å². The number of hydrogen-bond donors (Lipinski definition) is 2. The molecular formula is C21H16F2N4O4S. The molecule has 1 amide bonds. The van der Waals surface area contributed by atoms with E-state index in [-0.39, 0.29) is 35.0 Å². The number of amides is 1. The number of pyridine rings is 1. The van der Waals surface area contributed by atoms with Crippen molar-refractivity contribution in [3.05, 3.63) is 96.8 Å². The molecule has 0 bridgehead atoms. The second kappa shape index (κ2) is 8.35. The molecule has 0 radical (unpaired) electrons. The largest absolute Gasteiger partial charge is 0.493 e. The molecule has 0 aliphatic heterocycles. The van der Waals surface area contributed by atoms with Crippen LogP contribution in [0.4, 0.5) is 8.78 Å². The maximum absolute atomic E-state index is 13.5. The second-order valence-electron chi connectivity index (χ2n) is 7.03. The first-order valence-corrected chi connectivity index (χ1v) is 10.2. The Kier molecular flexibility index (Phi) is 5.57. The summed E-state index contributed by atoms with van der Waals surface area (Å²) in [6.45, 7) is 1.43. The molecule has 11 heteroatoms. The first kappa shape index (κ1) is 21.4. The lowest BCUT2D eigenvalue weighted by atomic mass is 10.2. The lowest BCUT2D eigenvalue weighted by Gasteiger charge is -2.08. The molecule has 8 nitrogen and oxygen atoms in total. The number of halogens is 2. The Morgan fingerprint density at radius 3 is 2.59 bits per heavy atom. The van der Waals surface area contributed by atoms with E-state index < -0.39 is 28.8 Å². The maximum atomic E-state index is 13.5. The van der Waals surface area contributed by atoms with Gasteiger partial charge in [0.15, 0.2) is 11.6 Å². The van der Waals surface area contributed by atoms with Crippen LogP contribution in [0.3, 0.4) is 0 Å². The van der Waals surface area contributed by atoms with E-state index in [4.69, 9.17) is 0 Å². The fourth-order valence-electron chi connectivity index (χ4n) is 3.12. The summed E-state index contributed by atoms with van der Waals surface area (Å²) in [6.07, 6.45) is 2.75. The van der Waals surface area contributed by atoms with Crippen molar-refractivity contribution in [2.75, 3.05) is 0 Å². The van der Waals surface area contributed by atoms with E-state index in [2.05, 4.69) is 10.3 Å². The summed E-state index contributed by atoms with van der Waals surface area (Å²) in [4.78, 5) is 42.5. The highest BCUT2D eigenvalue weighted by Crippen LogP contribution is 2.19. The number of rotatable bonds is 5. The van der Waals surface area contributed by atoms with Crippen LogP contribution in [0.2, 0.25) is 0 Å². The standard InChI is InChI=1S/C21H16F2N4O4S/c1-11-19(30)26(9-12-2-4-14(22)15(23)6-12)21(31)27-10-16(32-20(11)27)18(29)25-8-13-3-5-17(28)24-7-13/h2-7,10H,8-9H2,1H3,(H,24,28)(H,25,29). The molecular weight excluding hydrogens is 442 g/mol. The number of carbonyl (C=O) groups excluding carboxylic acids is 1. The molecule has 4 rings (SSSR count). The Hall–Kier alpha value is -3.86. The molecule has 3 aromatic heterocycles. The number of benzene rings is 1. The molecule has 0 fully saturated rings. The third kappa shape index (κ3) is 4.02. The van der Waals surface area contributed by atoms with Gasteiger partial charge in [0.25, 0.3) is 11.5 Å². The quantitative estimate of drug-likeness (QED) is 0.477. The fourth-order valence-corrected chi connectivity index (χ4v) is 4.12. The average molecular weight is 458 g/mol. The van der Waals surface area contributed by atoms with Crippen LogP contribution >= 0.6 is 11.3 Å². The SMILES string of the molecule is Cc1c(=O)n(Cc2ccc(F)c(F)c2)c(=O)n2cc(C(=O)NCc3ccc(O)nc3)sc12. The van der Waals surface area contributed by atoms with Gasteiger partial charge in [-0.05, 0) is 30.2 Å². The van der Waals surface area contributed by atoms with Crippen LogP contribution in [0, 0.1) is 18.6 Å². The topological polar surface area (TPSA) is 106 Å². The normalized spacial score (nSPS) is 11.1. The third-order valence-electron chi connectivity index (χ3n) is 4.81. The van der Waals surface area contributed by atoms with Gasteiger partial charge in [-0.1, -0.05) is 12.1 Å². The van der Waals surface area contributed by atoms with Gasteiger partial charge in [0.1, 0.15) is 9.71 Å². The van der Waals surface area contributed by atoms with Crippen LogP contribution in [-0.4, -0.2) is 25.0 Å². The van der Waals surface area contributed by atoms with Gasteiger partial charge in [-0.15, -0.1) is 11.3 Å². The van der Waals surface area contributed by atoms with Crippen LogP contribution in [0.1, 0.15) is 26.4 Å². The van der Waals surface area contributed by atoms with Crippen molar-refractivity contribution in [3.63, 3.8) is 0 Å². The molecule has 4 aromatic rings. The Morgan fingerprint density at radius 2 is 1.91 bits per heavy atom. The van der Waals surface area contributed by atoms with E-state index >= 15 is 0 Å². The van der Waals surface area contributed by atoms with Crippen molar-refractivity contribution in [2.24, 2.45) is 0 Å². The van der Waals surface area contributed by atoms with Crippen LogP contribution in [0.15, 0.2) is 52.3 Å². The van der Waals surface area contributed by atoms with Gasteiger partial charge in [-0.2, -0.15) is 0 Å². The minimum Gasteiger partial charge on any atom is -0.493 e. The van der Waals surface area contributed by atoms with Crippen LogP contribution in [0.5, 0.6) is 5.88 Å². The summed E-state index contributed by atoms with van der Waals surface area (Å²) in [5.41, 5.74) is -0.115. The minimum atomic E-state index is -1.08. The molecule has 32 heavy (non-hydrogen) atoms. The van der Waals surface area contributed by atoms with Gasteiger partial charge in [-0.3, -0.25) is 18.6 Å². The number of aromatic hydroxyl groups is 1. The van der Waals surface area contributed by atoms with Crippen molar-refractivity contribution in [1.29, 1.82) is 0 Å². The molecule has 1 aromatic carbocycles. The molecule has 0 spiro atoms. The molecule has 0 saturated heterocycles. The second-order valence-corrected chi connectivity index (χ2v) is 8.06. The highest BCUT2D eigenvalue weighted by molar-refractivity contribution is 7.19. The fraction of sp³-hybridized carbons (Fsp3) is 0.143. The highest BCUT2D eigenvalue weighted by atomic mass is 32.1. The van der Waals surface area contributed by atoms with Crippen molar-refractivity contribution in [2.45, 2.75) is 20.0 Å². The number of nitrogens with one attached hydrogen (secondary N) is 1. The maximum Gasteiger partial charge on any atom is 0.336 e. The summed E-state index contributed by atoms with van der Waals surface area (Å²) < 4.78 is 28.8. The molecule has 0 aliphatic carbocycles. The Morgan fingerprint density at radius 1 is 1.16 bits per heavy atom. The van der Waals surface area contributed by atoms with Crippen molar-refractivity contribution in [3.8, 4) is 5.88 Å². The molecule has 0 aliphatic rings. The number of aromatic nitrogens is 3. The third-order valence-corrected chi connectivity index (χ3v) is 6.01. The van der Waals surface area contributed by atoms with Crippen molar-refractivity contribution in [1.82, 2.24) is 19.3 Å². The van der Waals surface area contributed by atoms with Crippen molar-refractivity contribution < 1.29 is 18.7 Å². The van der Waals surface area contributed by atoms with E-state index in [0.29, 0.717) is 10.4 Å². The first-order chi connectivity index (χ1) is 15.2. The van der Waals surface area contributed by atoms with E-state index in [9.17, 15) is 28.3 Å². The van der Waals surface area contributed by atoms with Gasteiger partial charge in [-0.25, -0.2) is 18.6 Å². The van der Waals surface area contributed by atoms with E-state index in [0.717, 1.165) is 28.0 Å². The number of hydrogen-bond acceptors (Lipinski definition) is 6. The van der Waals surface area contributed by atoms with E-state index in [1.54, 1.807) is 6.07 Å². The van der Waals surface area contributed by atoms with Gasteiger partial charge < -0.3 is 10.4 Å². The number of fused-ring (bicyclic) bond motifs is 1. The molecule has 0 atom stereocenters. The predicted octanol–water partition coefficient (Wildman–Crippen LogP) is 2.19. The van der Waals surface area contributed by atoms with Gasteiger partial charge in [0.05, 0.1) is 6.54 Å². The number of nitrogens with zero attached hydrogens (tertiary/aromatic N) is 3. The zero-order chi connectivity index (χ0) is 23.0. The first-order valence-electron chi connectivity index (χ1n) is 9.36. The molecule has 2 N–H and O–H groups in total. The smallest absolute Gasteiger partial charge is 0.336 e. The molecule has 3 heterocycles. The lowest BCUT2D eigenvalue weighted by molar-refractivity contribution is 0.0954. The zero-order valence-corrected chi connectivity index (χ0v) is 17.4. The van der Waals surface area contributed by atoms with Gasteiger partial charge in [0, 0.05) is 30.6 Å². The molecule has 0 unspecified atom stereocenters. The summed E-state index contributed by atoms with van der Waals surface area (Å²) in [5, 5.41) is 11.9. The Balaban J connectivity index is 1.65. The van der Waals surface area contributed by atoms with Crippen molar-refractivity contribution >= 4 is 22.1 Å². The lowest BCUT2D eigenvalue weighted by Crippen LogP contribution is -2.38. The summed E-state index contributed by atoms with van der Waals surface area (Å²) in [5.74, 6) is -2.69. The highest BCUT2D eigenvalue weighted by Gasteiger charge is 2.18. The minimum absolute atomic E-state index is 0.135. The zero-order valence-electron chi connectivity index (χ0n) is 16.6. The monoisotopic (exact) mass is 458 g/mol. The van der Waals surface area contributed by atoms with Crippen LogP contribution in [0.25, 0.3) is 4.83 Å². The predicted molar refractivity (Wildman–Crippen MR) is 113 cm³/mol. The summed E-state index contributed by atoms with van der Waals surface area (Å²) in [7, 11) is 0. The van der Waals surface area contributed by atoms with E-state index in [1.807, 2.05) is 0 Å². The summed E-state index contributed by atoms with van der Waals surface area (Å²) in [6, 6.07) is 6.14. The Bertz CT molecular complexity index is 1460. The Labute approximate surface area is 183 Å². The average Bonchev–Trinajstić information content (AvgIpc) is 3.23. The summed E-state index contributed by atoms with van der Waals surface area (Å²) >= 11 is 0.990. The molecule has 0 saturated carbocycles. The molecule has 164 valence electrons. The van der Waals surface area contributed by atoms with Crippen LogP contribution < -0.4 is 16.6 Å². The number of aryl methyl sites for hydroxylation is 1. The van der Waals surface area contributed by atoms with Crippen LogP contribution in [-0.2, 0) is 13.1 Å². The number of carbonyl (C=O) groups is 1. The van der Waals surface area contributed by atoms with Gasteiger partial charge >= 0.3 is 5.69 Å².